The van der Waals surface area contributed by atoms with Crippen molar-refractivity contribution in [3.63, 3.8) is 0 Å². The summed E-state index contributed by atoms with van der Waals surface area (Å²) in [5.74, 6) is -9.57. The van der Waals surface area contributed by atoms with E-state index in [-0.39, 0.29) is 25.3 Å². The fourth-order valence-corrected chi connectivity index (χ4v) is 13.1. The first kappa shape index (κ1) is 41.7. The molecule has 5 N–H and O–H groups in total. The van der Waals surface area contributed by atoms with E-state index in [0.717, 1.165) is 20.3 Å². The summed E-state index contributed by atoms with van der Waals surface area (Å²) in [6.45, 7) is 15.4. The van der Waals surface area contributed by atoms with Gasteiger partial charge in [-0.2, -0.15) is 0 Å². The zero-order chi connectivity index (χ0) is 41.3. The van der Waals surface area contributed by atoms with Crippen LogP contribution in [-0.2, 0) is 42.9 Å². The highest BCUT2D eigenvalue weighted by molar-refractivity contribution is 5.80. The number of nitrogens with zero attached hydrogens (tertiary/aromatic N) is 1. The third kappa shape index (κ3) is 5.67. The van der Waals surface area contributed by atoms with Crippen LogP contribution in [-0.4, -0.2) is 132 Å². The smallest absolute Gasteiger partial charge is 0.342 e. The molecule has 3 saturated heterocycles. The predicted molar refractivity (Wildman–Crippen MR) is 195 cm³/mol. The van der Waals surface area contributed by atoms with Crippen molar-refractivity contribution in [1.82, 2.24) is 4.90 Å². The molecule has 4 bridgehead atoms. The average molecular weight is 794 g/mol. The van der Waals surface area contributed by atoms with Gasteiger partial charge in [0, 0.05) is 50.2 Å². The lowest BCUT2D eigenvalue weighted by Gasteiger charge is -2.64. The van der Waals surface area contributed by atoms with Crippen LogP contribution < -0.4 is 0 Å². The van der Waals surface area contributed by atoms with E-state index in [1.807, 2.05) is 13.8 Å². The molecule has 7 aliphatic rings. The first-order valence-electron chi connectivity index (χ1n) is 20.7. The third-order valence-electron chi connectivity index (χ3n) is 16.1. The molecule has 0 aromatic heterocycles. The molecule has 4 saturated carbocycles. The van der Waals surface area contributed by atoms with E-state index in [1.54, 1.807) is 13.8 Å². The first-order chi connectivity index (χ1) is 25.9. The minimum absolute atomic E-state index is 0.0258. The Morgan fingerprint density at radius 3 is 2.29 bits per heavy atom. The maximum absolute atomic E-state index is 13.7. The molecule has 316 valence electrons. The van der Waals surface area contributed by atoms with Crippen molar-refractivity contribution in [2.75, 3.05) is 13.1 Å². The summed E-state index contributed by atoms with van der Waals surface area (Å²) >= 11 is 0. The number of carbonyl (C=O) groups excluding carboxylic acids is 4. The summed E-state index contributed by atoms with van der Waals surface area (Å²) in [5, 5.41) is 62.8. The van der Waals surface area contributed by atoms with Crippen LogP contribution in [0.5, 0.6) is 0 Å². The van der Waals surface area contributed by atoms with Gasteiger partial charge < -0.3 is 49.2 Å². The first-order valence-corrected chi connectivity index (χ1v) is 20.7. The van der Waals surface area contributed by atoms with E-state index in [4.69, 9.17) is 23.7 Å². The van der Waals surface area contributed by atoms with Crippen LogP contribution in [0.2, 0.25) is 0 Å². The van der Waals surface area contributed by atoms with Crippen LogP contribution in [0.15, 0.2) is 0 Å². The number of rotatable bonds is 8. The van der Waals surface area contributed by atoms with E-state index in [0.29, 0.717) is 38.3 Å². The number of ether oxygens (including phenoxy) is 5. The Balaban J connectivity index is 1.35. The maximum Gasteiger partial charge on any atom is 0.342 e. The second-order valence-electron chi connectivity index (χ2n) is 19.3. The number of aliphatic hydroxyl groups excluding tert-OH is 1. The summed E-state index contributed by atoms with van der Waals surface area (Å²) in [6, 6.07) is -0.275. The molecule has 0 aromatic carbocycles. The normalized spacial score (nSPS) is 49.8. The van der Waals surface area contributed by atoms with Crippen LogP contribution in [0.1, 0.15) is 107 Å². The van der Waals surface area contributed by atoms with Crippen molar-refractivity contribution in [3.05, 3.63) is 0 Å². The largest absolute Gasteiger partial charge is 0.462 e. The predicted octanol–water partition coefficient (Wildman–Crippen LogP) is 1.61. The van der Waals surface area contributed by atoms with Crippen molar-refractivity contribution >= 4 is 23.9 Å². The highest BCUT2D eigenvalue weighted by Gasteiger charge is 2.88. The summed E-state index contributed by atoms with van der Waals surface area (Å²) in [6.07, 6.45) is -4.21. The number of esters is 4. The van der Waals surface area contributed by atoms with Crippen LogP contribution in [0.3, 0.4) is 0 Å². The molecule has 15 heteroatoms. The topological polar surface area (TPSA) is 219 Å². The zero-order valence-electron chi connectivity index (χ0n) is 34.2. The molecule has 56 heavy (non-hydrogen) atoms. The van der Waals surface area contributed by atoms with E-state index in [1.165, 1.54) is 13.8 Å². The van der Waals surface area contributed by atoms with Gasteiger partial charge in [-0.1, -0.05) is 27.7 Å². The number of carbonyl (C=O) groups is 4. The van der Waals surface area contributed by atoms with Gasteiger partial charge in [-0.15, -0.1) is 0 Å². The lowest BCUT2D eigenvalue weighted by molar-refractivity contribution is -0.301. The summed E-state index contributed by atoms with van der Waals surface area (Å²) in [7, 11) is 0. The molecule has 4 aliphatic carbocycles. The van der Waals surface area contributed by atoms with Gasteiger partial charge in [0.15, 0.2) is 17.8 Å². The second-order valence-corrected chi connectivity index (χ2v) is 19.3. The Kier molecular flexibility index (Phi) is 10.1. The van der Waals surface area contributed by atoms with Gasteiger partial charge in [0.2, 0.25) is 5.79 Å². The second kappa shape index (κ2) is 13.6. The summed E-state index contributed by atoms with van der Waals surface area (Å²) in [5.41, 5.74) is -8.17. The molecule has 0 amide bonds. The minimum atomic E-state index is -2.28. The molecule has 3 heterocycles. The third-order valence-corrected chi connectivity index (χ3v) is 16.1. The van der Waals surface area contributed by atoms with Crippen LogP contribution in [0, 0.1) is 46.8 Å². The van der Waals surface area contributed by atoms with Crippen LogP contribution in [0.25, 0.3) is 0 Å². The quantitative estimate of drug-likeness (QED) is 0.174. The van der Waals surface area contributed by atoms with Crippen LogP contribution in [0.4, 0.5) is 0 Å². The Morgan fingerprint density at radius 1 is 0.982 bits per heavy atom. The molecule has 0 aromatic rings. The number of aliphatic hydroxyl groups is 5. The van der Waals surface area contributed by atoms with E-state index >= 15 is 0 Å². The molecule has 19 atom stereocenters. The fourth-order valence-electron chi connectivity index (χ4n) is 13.1. The maximum atomic E-state index is 13.7. The molecule has 15 nitrogen and oxygen atoms in total. The molecule has 7 rings (SSSR count). The van der Waals surface area contributed by atoms with Crippen LogP contribution >= 0.6 is 0 Å². The van der Waals surface area contributed by atoms with Crippen molar-refractivity contribution < 1.29 is 68.4 Å². The zero-order valence-corrected chi connectivity index (χ0v) is 34.2. The van der Waals surface area contributed by atoms with Crippen molar-refractivity contribution in [3.8, 4) is 0 Å². The molecule has 7 fully saturated rings. The standard InChI is InChI=1S/C41H63NO14/c1-10-20(3)34(46)55-33-31(45)30-24(18-42-17-19(2)11-12-28(42)38(30,9)49)25-16-39-32(40(25,33)50)26(53-23(6)44)15-27-36(39,7)14-13-29(41(27,51)56-39)54-35(47)37(8,48)21(4)52-22(5)43/h19-21,24-33,45,48-51H,10-18H2,1-9H3/t19-,20-,21+,24+,25-,26+,27-,28-,29+,30+,31+,32-,33-,36+,37-,38+,39+,40-,41-/m0/s1. The SMILES string of the molecule is CC[C@H](C)C(=O)O[C@H]1[C@H](O)[C@H]2[C@H](CN3C[C@@H](C)CC[C@H]3[C@@]2(C)O)[C@@H]2C[C@@]34O[C@@]5(O)[C@@H](C[C@@H](OC(C)=O)[C@@H]3[C@@]21O)[C@@]4(C)CC[C@H]5OC(=O)[C@@](C)(O)[C@@H](C)OC(C)=O. The molecule has 0 radical (unpaired) electrons. The van der Waals surface area contributed by atoms with Gasteiger partial charge in [0.05, 0.1) is 29.1 Å². The van der Waals surface area contributed by atoms with E-state index in [9.17, 15) is 44.7 Å². The van der Waals surface area contributed by atoms with Crippen molar-refractivity contribution in [1.29, 1.82) is 0 Å². The highest BCUT2D eigenvalue weighted by Crippen LogP contribution is 2.77. The van der Waals surface area contributed by atoms with E-state index in [2.05, 4.69) is 11.8 Å². The molecule has 1 spiro atoms. The Morgan fingerprint density at radius 2 is 1.66 bits per heavy atom. The fraction of sp³-hybridized carbons (Fsp3) is 0.902. The molecule has 3 aliphatic heterocycles. The lowest BCUT2D eigenvalue weighted by atomic mass is 9.49. The average Bonchev–Trinajstić information content (AvgIpc) is 3.37. The highest BCUT2D eigenvalue weighted by atomic mass is 16.7. The number of fused-ring (bicyclic) bond motifs is 5. The van der Waals surface area contributed by atoms with Gasteiger partial charge >= 0.3 is 23.9 Å². The number of hydrogen-bond acceptors (Lipinski definition) is 15. The minimum Gasteiger partial charge on any atom is -0.462 e. The van der Waals surface area contributed by atoms with Crippen molar-refractivity contribution in [2.45, 2.75) is 172 Å². The molecular weight excluding hydrogens is 730 g/mol. The Bertz CT molecular complexity index is 1620. The lowest BCUT2D eigenvalue weighted by Crippen LogP contribution is -2.77. The Labute approximate surface area is 328 Å². The summed E-state index contributed by atoms with van der Waals surface area (Å²) < 4.78 is 30.3. The summed E-state index contributed by atoms with van der Waals surface area (Å²) in [4.78, 5) is 54.2. The molecule has 0 unspecified atom stereocenters. The Hall–Kier alpha value is -2.40. The monoisotopic (exact) mass is 793 g/mol. The van der Waals surface area contributed by atoms with Gasteiger partial charge in [-0.3, -0.25) is 19.3 Å². The van der Waals surface area contributed by atoms with Gasteiger partial charge in [0.25, 0.3) is 0 Å². The van der Waals surface area contributed by atoms with Gasteiger partial charge in [-0.25, -0.2) is 4.79 Å². The number of piperidine rings is 2. The van der Waals surface area contributed by atoms with Gasteiger partial charge in [-0.05, 0) is 83.5 Å². The van der Waals surface area contributed by atoms with Crippen molar-refractivity contribution in [2.24, 2.45) is 46.8 Å². The number of hydrogen-bond donors (Lipinski definition) is 5. The molecular formula is C41H63NO14. The van der Waals surface area contributed by atoms with Gasteiger partial charge in [0.1, 0.15) is 17.8 Å². The van der Waals surface area contributed by atoms with E-state index < -0.39 is 124 Å².